The standard InChI is InChI=1S/C16H16O2/c1-12(15(17)13-8-4-2-5-9-13)16(18)14-10-6-3-7-11-14/h2-12,15,17H,1H3/t12-,15+/m0/s1. The van der Waals surface area contributed by atoms with Crippen LogP contribution in [0.4, 0.5) is 0 Å². The van der Waals surface area contributed by atoms with Crippen molar-refractivity contribution in [1.82, 2.24) is 0 Å². The molecule has 18 heavy (non-hydrogen) atoms. The average molecular weight is 240 g/mol. The SMILES string of the molecule is C[C@H](C(=O)c1ccccc1)[C@@H](O)c1ccccc1. The summed E-state index contributed by atoms with van der Waals surface area (Å²) in [5.41, 5.74) is 1.41. The van der Waals surface area contributed by atoms with E-state index in [1.54, 1.807) is 19.1 Å². The van der Waals surface area contributed by atoms with Gasteiger partial charge in [0, 0.05) is 11.5 Å². The summed E-state index contributed by atoms with van der Waals surface area (Å²) in [7, 11) is 0. The summed E-state index contributed by atoms with van der Waals surface area (Å²) in [4.78, 5) is 12.2. The number of aliphatic hydroxyl groups is 1. The molecule has 1 N–H and O–H groups in total. The maximum Gasteiger partial charge on any atom is 0.168 e. The monoisotopic (exact) mass is 240 g/mol. The van der Waals surface area contributed by atoms with E-state index in [0.717, 1.165) is 5.56 Å². The van der Waals surface area contributed by atoms with Crippen molar-refractivity contribution in [1.29, 1.82) is 0 Å². The maximum atomic E-state index is 12.2. The quantitative estimate of drug-likeness (QED) is 0.833. The number of hydrogen-bond donors (Lipinski definition) is 1. The summed E-state index contributed by atoms with van der Waals surface area (Å²) in [6.07, 6.45) is -0.765. The molecule has 0 amide bonds. The first-order valence-corrected chi connectivity index (χ1v) is 6.02. The molecule has 0 heterocycles. The summed E-state index contributed by atoms with van der Waals surface area (Å²) in [6.45, 7) is 1.76. The molecule has 0 bridgehead atoms. The second-order valence-corrected chi connectivity index (χ2v) is 4.37. The molecule has 92 valence electrons. The third-order valence-corrected chi connectivity index (χ3v) is 3.09. The van der Waals surface area contributed by atoms with Crippen molar-refractivity contribution in [3.8, 4) is 0 Å². The minimum Gasteiger partial charge on any atom is -0.388 e. The van der Waals surface area contributed by atoms with E-state index in [9.17, 15) is 9.90 Å². The molecule has 0 saturated heterocycles. The minimum atomic E-state index is -0.765. The predicted molar refractivity (Wildman–Crippen MR) is 71.3 cm³/mol. The lowest BCUT2D eigenvalue weighted by Gasteiger charge is -2.18. The highest BCUT2D eigenvalue weighted by Crippen LogP contribution is 2.24. The van der Waals surface area contributed by atoms with Crippen molar-refractivity contribution in [2.75, 3.05) is 0 Å². The van der Waals surface area contributed by atoms with Crippen molar-refractivity contribution < 1.29 is 9.90 Å². The molecule has 0 aliphatic rings. The van der Waals surface area contributed by atoms with Crippen molar-refractivity contribution >= 4 is 5.78 Å². The molecule has 2 aromatic carbocycles. The molecule has 2 atom stereocenters. The lowest BCUT2D eigenvalue weighted by Crippen LogP contribution is -2.19. The average Bonchev–Trinajstić information content (AvgIpc) is 2.47. The zero-order chi connectivity index (χ0) is 13.0. The fraction of sp³-hybridized carbons (Fsp3) is 0.188. The zero-order valence-electron chi connectivity index (χ0n) is 10.3. The van der Waals surface area contributed by atoms with Gasteiger partial charge in [-0.25, -0.2) is 0 Å². The first-order chi connectivity index (χ1) is 8.70. The summed E-state index contributed by atoms with van der Waals surface area (Å²) in [5, 5.41) is 10.2. The van der Waals surface area contributed by atoms with E-state index in [2.05, 4.69) is 0 Å². The van der Waals surface area contributed by atoms with E-state index in [-0.39, 0.29) is 5.78 Å². The van der Waals surface area contributed by atoms with Gasteiger partial charge < -0.3 is 5.11 Å². The van der Waals surface area contributed by atoms with E-state index in [1.165, 1.54) is 0 Å². The number of carbonyl (C=O) groups excluding carboxylic acids is 1. The highest BCUT2D eigenvalue weighted by molar-refractivity contribution is 5.98. The van der Waals surface area contributed by atoms with Gasteiger partial charge in [0.1, 0.15) is 0 Å². The Labute approximate surface area is 107 Å². The molecule has 2 aromatic rings. The maximum absolute atomic E-state index is 12.2. The van der Waals surface area contributed by atoms with Crippen LogP contribution >= 0.6 is 0 Å². The van der Waals surface area contributed by atoms with Gasteiger partial charge in [-0.3, -0.25) is 4.79 Å². The first-order valence-electron chi connectivity index (χ1n) is 6.02. The highest BCUT2D eigenvalue weighted by atomic mass is 16.3. The van der Waals surface area contributed by atoms with Crippen LogP contribution in [0.25, 0.3) is 0 Å². The van der Waals surface area contributed by atoms with E-state index in [4.69, 9.17) is 0 Å². The van der Waals surface area contributed by atoms with Crippen LogP contribution in [0.2, 0.25) is 0 Å². The molecule has 0 aliphatic carbocycles. The third-order valence-electron chi connectivity index (χ3n) is 3.09. The number of aliphatic hydroxyl groups excluding tert-OH is 1. The smallest absolute Gasteiger partial charge is 0.168 e. The molecule has 2 heteroatoms. The molecule has 0 fully saturated rings. The van der Waals surface area contributed by atoms with E-state index >= 15 is 0 Å². The number of Topliss-reactive ketones (excluding diaryl/α,β-unsaturated/α-hetero) is 1. The van der Waals surface area contributed by atoms with Crippen LogP contribution in [0.1, 0.15) is 28.9 Å². The van der Waals surface area contributed by atoms with Crippen LogP contribution in [0.3, 0.4) is 0 Å². The zero-order valence-corrected chi connectivity index (χ0v) is 10.3. The van der Waals surface area contributed by atoms with Crippen LogP contribution in [-0.2, 0) is 0 Å². The Hall–Kier alpha value is -1.93. The molecule has 2 nitrogen and oxygen atoms in total. The molecular weight excluding hydrogens is 224 g/mol. The van der Waals surface area contributed by atoms with Gasteiger partial charge in [-0.2, -0.15) is 0 Å². The number of rotatable bonds is 4. The second-order valence-electron chi connectivity index (χ2n) is 4.37. The van der Waals surface area contributed by atoms with Crippen LogP contribution in [0, 0.1) is 5.92 Å². The molecule has 0 aliphatic heterocycles. The van der Waals surface area contributed by atoms with Crippen molar-refractivity contribution in [3.63, 3.8) is 0 Å². The van der Waals surface area contributed by atoms with Gasteiger partial charge in [-0.05, 0) is 5.56 Å². The van der Waals surface area contributed by atoms with Gasteiger partial charge in [0.05, 0.1) is 6.10 Å². The number of benzene rings is 2. The largest absolute Gasteiger partial charge is 0.388 e. The minimum absolute atomic E-state index is 0.0352. The Balaban J connectivity index is 2.17. The Morgan fingerprint density at radius 1 is 0.944 bits per heavy atom. The van der Waals surface area contributed by atoms with Crippen molar-refractivity contribution in [2.45, 2.75) is 13.0 Å². The Kier molecular flexibility index (Phi) is 3.90. The van der Waals surface area contributed by atoms with Gasteiger partial charge in [-0.1, -0.05) is 67.6 Å². The number of hydrogen-bond acceptors (Lipinski definition) is 2. The Bertz CT molecular complexity index is 505. The summed E-state index contributed by atoms with van der Waals surface area (Å²) in [6, 6.07) is 18.3. The van der Waals surface area contributed by atoms with Crippen molar-refractivity contribution in [2.24, 2.45) is 5.92 Å². The van der Waals surface area contributed by atoms with Gasteiger partial charge >= 0.3 is 0 Å². The Morgan fingerprint density at radius 3 is 2.00 bits per heavy atom. The van der Waals surface area contributed by atoms with Gasteiger partial charge in [0.15, 0.2) is 5.78 Å². The van der Waals surface area contributed by atoms with Gasteiger partial charge in [0.25, 0.3) is 0 Å². The van der Waals surface area contributed by atoms with E-state index in [0.29, 0.717) is 5.56 Å². The van der Waals surface area contributed by atoms with E-state index in [1.807, 2.05) is 48.5 Å². The third kappa shape index (κ3) is 2.66. The second kappa shape index (κ2) is 5.61. The van der Waals surface area contributed by atoms with Crippen LogP contribution < -0.4 is 0 Å². The number of ketones is 1. The van der Waals surface area contributed by atoms with Gasteiger partial charge in [-0.15, -0.1) is 0 Å². The summed E-state index contributed by atoms with van der Waals surface area (Å²) in [5.74, 6) is -0.484. The first kappa shape index (κ1) is 12.5. The fourth-order valence-corrected chi connectivity index (χ4v) is 1.95. The molecular formula is C16H16O2. The van der Waals surface area contributed by atoms with Gasteiger partial charge in [0.2, 0.25) is 0 Å². The topological polar surface area (TPSA) is 37.3 Å². The predicted octanol–water partition coefficient (Wildman–Crippen LogP) is 3.24. The summed E-state index contributed by atoms with van der Waals surface area (Å²) >= 11 is 0. The fourth-order valence-electron chi connectivity index (χ4n) is 1.95. The molecule has 0 saturated carbocycles. The van der Waals surface area contributed by atoms with Crippen LogP contribution in [0.5, 0.6) is 0 Å². The summed E-state index contributed by atoms with van der Waals surface area (Å²) < 4.78 is 0. The molecule has 0 spiro atoms. The lowest BCUT2D eigenvalue weighted by atomic mass is 9.90. The molecule has 0 aromatic heterocycles. The van der Waals surface area contributed by atoms with Crippen LogP contribution in [-0.4, -0.2) is 10.9 Å². The van der Waals surface area contributed by atoms with Crippen molar-refractivity contribution in [3.05, 3.63) is 71.8 Å². The lowest BCUT2D eigenvalue weighted by molar-refractivity contribution is 0.0714. The Morgan fingerprint density at radius 2 is 1.44 bits per heavy atom. The molecule has 0 unspecified atom stereocenters. The molecule has 0 radical (unpaired) electrons. The highest BCUT2D eigenvalue weighted by Gasteiger charge is 2.24. The molecule has 2 rings (SSSR count). The number of carbonyl (C=O) groups is 1. The van der Waals surface area contributed by atoms with Crippen LogP contribution in [0.15, 0.2) is 60.7 Å². The normalized spacial score (nSPS) is 13.9. The van der Waals surface area contributed by atoms with E-state index < -0.39 is 12.0 Å².